The minimum atomic E-state index is -1.06. The number of unbranched alkanes of at least 4 members (excludes halogenated alkanes) is 4. The summed E-state index contributed by atoms with van der Waals surface area (Å²) in [5.74, 6) is -1.37. The van der Waals surface area contributed by atoms with Crippen molar-refractivity contribution in [2.45, 2.75) is 59.3 Å². The van der Waals surface area contributed by atoms with Crippen molar-refractivity contribution in [1.82, 2.24) is 0 Å². The van der Waals surface area contributed by atoms with E-state index >= 15 is 0 Å². The van der Waals surface area contributed by atoms with Crippen LogP contribution in [0.5, 0.6) is 0 Å². The maximum absolute atomic E-state index is 9.87. The highest BCUT2D eigenvalue weighted by Gasteiger charge is 1.98. The Balaban J connectivity index is 0. The Morgan fingerprint density at radius 3 is 1.57 bits per heavy atom. The highest BCUT2D eigenvalue weighted by molar-refractivity contribution is 5.93. The molecule has 0 rings (SSSR count). The molecule has 0 aliphatic carbocycles. The van der Waals surface area contributed by atoms with Gasteiger partial charge in [0.2, 0.25) is 0 Å². The summed E-state index contributed by atoms with van der Waals surface area (Å²) < 4.78 is 0. The van der Waals surface area contributed by atoms with Crippen LogP contribution in [0.25, 0.3) is 0 Å². The molecule has 0 saturated heterocycles. The van der Waals surface area contributed by atoms with Gasteiger partial charge in [0, 0.05) is 0 Å². The van der Waals surface area contributed by atoms with Crippen molar-refractivity contribution in [3.63, 3.8) is 0 Å². The first-order valence-electron chi connectivity index (χ1n) is 5.25. The van der Waals surface area contributed by atoms with Crippen LogP contribution in [-0.4, -0.2) is 16.9 Å². The Hall–Kier alpha value is -0.860. The first-order valence-corrected chi connectivity index (χ1v) is 5.25. The van der Waals surface area contributed by atoms with Crippen molar-refractivity contribution < 1.29 is 14.7 Å². The van der Waals surface area contributed by atoms with Gasteiger partial charge >= 0.3 is 5.97 Å². The van der Waals surface area contributed by atoms with E-state index in [1.54, 1.807) is 0 Å². The van der Waals surface area contributed by atoms with Crippen LogP contribution in [0, 0.1) is 0 Å². The molecule has 0 heterocycles. The second kappa shape index (κ2) is 12.1. The average Bonchev–Trinajstić information content (AvgIpc) is 2.04. The summed E-state index contributed by atoms with van der Waals surface area (Å²) in [7, 11) is 0. The second-order valence-corrected chi connectivity index (χ2v) is 3.33. The first-order chi connectivity index (χ1) is 6.54. The van der Waals surface area contributed by atoms with E-state index in [2.05, 4.69) is 13.8 Å². The Bertz CT molecular complexity index is 137. The molecule has 14 heavy (non-hydrogen) atoms. The van der Waals surface area contributed by atoms with Gasteiger partial charge in [-0.2, -0.15) is 0 Å². The number of rotatable bonds is 6. The van der Waals surface area contributed by atoms with Crippen LogP contribution >= 0.6 is 0 Å². The summed E-state index contributed by atoms with van der Waals surface area (Å²) in [6.07, 6.45) is 6.65. The van der Waals surface area contributed by atoms with Gasteiger partial charge in [-0.3, -0.25) is 9.59 Å². The maximum atomic E-state index is 9.87. The zero-order valence-electron chi connectivity index (χ0n) is 9.51. The zero-order chi connectivity index (χ0) is 11.4. The number of hydrogen-bond acceptors (Lipinski definition) is 2. The number of carbonyl (C=O) groups excluding carboxylic acids is 1. The number of hydrogen-bond donors (Lipinski definition) is 1. The average molecular weight is 202 g/mol. The Labute approximate surface area is 86.5 Å². The van der Waals surface area contributed by atoms with Crippen molar-refractivity contribution in [1.29, 1.82) is 0 Å². The highest BCUT2D eigenvalue weighted by atomic mass is 16.4. The van der Waals surface area contributed by atoms with Gasteiger partial charge in [-0.15, -0.1) is 0 Å². The van der Waals surface area contributed by atoms with Gasteiger partial charge < -0.3 is 5.11 Å². The fourth-order valence-corrected chi connectivity index (χ4v) is 0.890. The summed E-state index contributed by atoms with van der Waals surface area (Å²) in [5, 5.41) is 7.86. The van der Waals surface area contributed by atoms with E-state index in [4.69, 9.17) is 5.11 Å². The third-order valence-corrected chi connectivity index (χ3v) is 1.61. The molecule has 0 saturated carbocycles. The number of ketones is 1. The molecule has 0 unspecified atom stereocenters. The van der Waals surface area contributed by atoms with Gasteiger partial charge in [-0.05, 0) is 6.92 Å². The minimum absolute atomic E-state index is 0.312. The van der Waals surface area contributed by atoms with Gasteiger partial charge in [-0.1, -0.05) is 46.0 Å². The lowest BCUT2D eigenvalue weighted by Crippen LogP contribution is -2.00. The summed E-state index contributed by atoms with van der Waals surface area (Å²) in [6, 6.07) is 0. The van der Waals surface area contributed by atoms with Crippen LogP contribution in [0.1, 0.15) is 59.3 Å². The SMILES string of the molecule is CC(=O)CC(=O)O.CCCCCCC. The third-order valence-electron chi connectivity index (χ3n) is 1.61. The molecule has 0 spiro atoms. The molecule has 1 N–H and O–H groups in total. The summed E-state index contributed by atoms with van der Waals surface area (Å²) >= 11 is 0. The zero-order valence-corrected chi connectivity index (χ0v) is 9.51. The molecule has 0 amide bonds. The number of Topliss-reactive ketones (excluding diaryl/α,β-unsaturated/α-hetero) is 1. The molecular formula is C11H22O3. The van der Waals surface area contributed by atoms with Crippen LogP contribution in [0.3, 0.4) is 0 Å². The summed E-state index contributed by atoms with van der Waals surface area (Å²) in [4.78, 5) is 19.5. The van der Waals surface area contributed by atoms with Crippen molar-refractivity contribution in [3.05, 3.63) is 0 Å². The standard InChI is InChI=1S/C7H16.C4H6O3/c1-3-5-7-6-4-2;1-3(5)2-4(6)7/h3-7H2,1-2H3;2H2,1H3,(H,6,7). The molecule has 0 atom stereocenters. The van der Waals surface area contributed by atoms with Crippen LogP contribution in [0.2, 0.25) is 0 Å². The predicted octanol–water partition coefficient (Wildman–Crippen LogP) is 3.03. The Morgan fingerprint density at radius 2 is 1.43 bits per heavy atom. The second-order valence-electron chi connectivity index (χ2n) is 3.33. The predicted molar refractivity (Wildman–Crippen MR) is 57.4 cm³/mol. The van der Waals surface area contributed by atoms with Crippen LogP contribution in [0.15, 0.2) is 0 Å². The molecule has 0 radical (unpaired) electrons. The van der Waals surface area contributed by atoms with Crippen molar-refractivity contribution in [2.24, 2.45) is 0 Å². The lowest BCUT2D eigenvalue weighted by atomic mass is 10.2. The molecule has 0 aromatic heterocycles. The van der Waals surface area contributed by atoms with Gasteiger partial charge in [0.1, 0.15) is 12.2 Å². The lowest BCUT2D eigenvalue weighted by molar-refractivity contribution is -0.139. The van der Waals surface area contributed by atoms with E-state index < -0.39 is 5.97 Å². The van der Waals surface area contributed by atoms with Gasteiger partial charge in [0.05, 0.1) is 0 Å². The molecule has 0 aliphatic heterocycles. The molecule has 0 aliphatic rings. The summed E-state index contributed by atoms with van der Waals surface area (Å²) in [6.45, 7) is 5.74. The third kappa shape index (κ3) is 22.5. The molecule has 0 aromatic carbocycles. The molecule has 84 valence electrons. The van der Waals surface area contributed by atoms with Gasteiger partial charge in [0.25, 0.3) is 0 Å². The van der Waals surface area contributed by atoms with Crippen molar-refractivity contribution in [2.75, 3.05) is 0 Å². The normalized spacial score (nSPS) is 8.79. The fourth-order valence-electron chi connectivity index (χ4n) is 0.890. The number of carboxylic acid groups (broad SMARTS) is 1. The minimum Gasteiger partial charge on any atom is -0.481 e. The van der Waals surface area contributed by atoms with E-state index in [-0.39, 0.29) is 12.2 Å². The fraction of sp³-hybridized carbons (Fsp3) is 0.818. The number of aliphatic carboxylic acids is 1. The highest BCUT2D eigenvalue weighted by Crippen LogP contribution is 2.00. The van der Waals surface area contributed by atoms with Gasteiger partial charge in [-0.25, -0.2) is 0 Å². The molecule has 0 aromatic rings. The first kappa shape index (κ1) is 15.6. The Morgan fingerprint density at radius 1 is 1.00 bits per heavy atom. The molecule has 3 heteroatoms. The van der Waals surface area contributed by atoms with Gasteiger partial charge in [0.15, 0.2) is 0 Å². The lowest BCUT2D eigenvalue weighted by Gasteiger charge is -1.90. The van der Waals surface area contributed by atoms with E-state index in [1.165, 1.54) is 39.0 Å². The maximum Gasteiger partial charge on any atom is 0.310 e. The topological polar surface area (TPSA) is 54.4 Å². The van der Waals surface area contributed by atoms with E-state index in [0.29, 0.717) is 0 Å². The van der Waals surface area contributed by atoms with Crippen LogP contribution < -0.4 is 0 Å². The smallest absolute Gasteiger partial charge is 0.310 e. The Kier molecular flexibility index (Phi) is 13.5. The van der Waals surface area contributed by atoms with Crippen molar-refractivity contribution in [3.8, 4) is 0 Å². The van der Waals surface area contributed by atoms with E-state index in [1.807, 2.05) is 0 Å². The van der Waals surface area contributed by atoms with E-state index in [9.17, 15) is 9.59 Å². The largest absolute Gasteiger partial charge is 0.481 e. The summed E-state index contributed by atoms with van der Waals surface area (Å²) in [5.41, 5.74) is 0. The number of carboxylic acids is 1. The van der Waals surface area contributed by atoms with Crippen LogP contribution in [-0.2, 0) is 9.59 Å². The molecule has 3 nitrogen and oxygen atoms in total. The van der Waals surface area contributed by atoms with Crippen molar-refractivity contribution >= 4 is 11.8 Å². The quantitative estimate of drug-likeness (QED) is 0.532. The number of carbonyl (C=O) groups is 2. The molecular weight excluding hydrogens is 180 g/mol. The molecule has 0 fully saturated rings. The van der Waals surface area contributed by atoms with E-state index in [0.717, 1.165) is 0 Å². The monoisotopic (exact) mass is 202 g/mol. The van der Waals surface area contributed by atoms with Crippen LogP contribution in [0.4, 0.5) is 0 Å². The molecule has 0 bridgehead atoms.